The zero-order valence-electron chi connectivity index (χ0n) is 32.3. The number of aliphatic hydroxyl groups excluding tert-OH is 1. The molecule has 0 bridgehead atoms. The number of likely N-dealkylation sites (N-methyl/N-ethyl adjacent to an activating group) is 2. The Bertz CT molecular complexity index is 1610. The fraction of sp³-hybridized carbons (Fsp3) is 0.722. The zero-order valence-corrected chi connectivity index (χ0v) is 34.7. The van der Waals surface area contributed by atoms with Gasteiger partial charge in [0, 0.05) is 61.6 Å². The second kappa shape index (κ2) is 20.0. The van der Waals surface area contributed by atoms with Crippen molar-refractivity contribution in [1.29, 1.82) is 0 Å². The molecule has 4 rings (SSSR count). The van der Waals surface area contributed by atoms with E-state index < -0.39 is 66.1 Å². The number of halogens is 3. The van der Waals surface area contributed by atoms with Crippen LogP contribution in [0, 0.1) is 17.8 Å². The van der Waals surface area contributed by atoms with Gasteiger partial charge in [0.2, 0.25) is 5.91 Å². The van der Waals surface area contributed by atoms with E-state index in [0.717, 1.165) is 65.4 Å². The predicted molar refractivity (Wildman–Crippen MR) is 205 cm³/mol. The van der Waals surface area contributed by atoms with E-state index in [-0.39, 0.29) is 53.7 Å². The van der Waals surface area contributed by atoms with Gasteiger partial charge in [-0.3, -0.25) is 29.4 Å². The Morgan fingerprint density at radius 3 is 2.36 bits per heavy atom. The lowest BCUT2D eigenvalue weighted by Gasteiger charge is -2.42. The lowest BCUT2D eigenvalue weighted by Crippen LogP contribution is -2.61. The third-order valence-corrected chi connectivity index (χ3v) is 13.3. The third-order valence-electron chi connectivity index (χ3n) is 10.2. The number of rotatable bonds is 18. The molecule has 2 aromatic rings. The fourth-order valence-corrected chi connectivity index (χ4v) is 9.61. The maximum absolute atomic E-state index is 14.2. The molecule has 2 amide bonds. The molecule has 13 nitrogen and oxygen atoms in total. The van der Waals surface area contributed by atoms with Gasteiger partial charge < -0.3 is 24.8 Å². The van der Waals surface area contributed by atoms with E-state index in [1.54, 1.807) is 30.6 Å². The molecule has 3 N–H and O–H groups in total. The molecule has 2 aliphatic rings. The number of carbonyl (C=O) groups is 4. The second-order valence-corrected chi connectivity index (χ2v) is 17.7. The number of esters is 2. The number of hydrogen-bond acceptors (Lipinski definition) is 14. The number of nitrogens with zero attached hydrogens (tertiary/aromatic N) is 4. The van der Waals surface area contributed by atoms with Gasteiger partial charge in [-0.05, 0) is 50.3 Å². The molecule has 0 aromatic carbocycles. The Labute approximate surface area is 332 Å². The van der Waals surface area contributed by atoms with Gasteiger partial charge in [0.25, 0.3) is 5.91 Å². The highest BCUT2D eigenvalue weighted by atomic mass is 32.2. The van der Waals surface area contributed by atoms with Crippen LogP contribution >= 0.6 is 34.4 Å². The molecule has 2 aromatic heterocycles. The number of nitrogens with one attached hydrogen (secondary N) is 2. The minimum Gasteiger partial charge on any atom is -0.469 e. The van der Waals surface area contributed by atoms with Crippen LogP contribution in [-0.2, 0) is 36.5 Å². The largest absolute Gasteiger partial charge is 0.469 e. The molecule has 0 aliphatic carbocycles. The molecule has 308 valence electrons. The number of piperidine rings is 1. The Kier molecular flexibility index (Phi) is 16.3. The highest BCUT2D eigenvalue weighted by Gasteiger charge is 2.41. The van der Waals surface area contributed by atoms with Crippen molar-refractivity contribution < 1.29 is 46.9 Å². The Morgan fingerprint density at radius 2 is 1.80 bits per heavy atom. The Morgan fingerprint density at radius 1 is 1.09 bits per heavy atom. The number of thioether (sulfide) groups is 1. The molecular formula is C36H53F3N6O7S3. The number of alkyl halides is 3. The molecule has 7 atom stereocenters. The summed E-state index contributed by atoms with van der Waals surface area (Å²) < 4.78 is 50.3. The van der Waals surface area contributed by atoms with Crippen molar-refractivity contribution in [2.45, 2.75) is 109 Å². The first kappa shape index (κ1) is 44.9. The topological polar surface area (TPSA) is 163 Å². The number of carbonyl (C=O) groups excluding carboxylic acids is 4. The van der Waals surface area contributed by atoms with Crippen LogP contribution in [0.1, 0.15) is 92.1 Å². The normalized spacial score (nSPS) is 20.1. The zero-order chi connectivity index (χ0) is 40.6. The van der Waals surface area contributed by atoms with Crippen LogP contribution in [0.5, 0.6) is 0 Å². The van der Waals surface area contributed by atoms with Gasteiger partial charge in [0.05, 0.1) is 24.1 Å². The van der Waals surface area contributed by atoms with Crippen LogP contribution in [0.2, 0.25) is 0 Å². The molecule has 0 spiro atoms. The lowest BCUT2D eigenvalue weighted by atomic mass is 9.93. The van der Waals surface area contributed by atoms with Crippen molar-refractivity contribution >= 4 is 58.2 Å². The summed E-state index contributed by atoms with van der Waals surface area (Å²) in [4.78, 5) is 64.3. The number of hydrogen-bond donors (Lipinski definition) is 3. The minimum atomic E-state index is -4.62. The van der Waals surface area contributed by atoms with Crippen LogP contribution in [-0.4, -0.2) is 118 Å². The molecule has 2 aliphatic heterocycles. The molecule has 1 unspecified atom stereocenters. The first-order chi connectivity index (χ1) is 25.9. The number of likely N-dealkylation sites (tertiary alicyclic amines) is 1. The lowest BCUT2D eigenvalue weighted by molar-refractivity contribution is -0.149. The molecule has 2 fully saturated rings. The van der Waals surface area contributed by atoms with E-state index >= 15 is 0 Å². The van der Waals surface area contributed by atoms with Gasteiger partial charge in [0.15, 0.2) is 11.8 Å². The highest BCUT2D eigenvalue weighted by Crippen LogP contribution is 2.34. The molecule has 0 saturated carbocycles. The van der Waals surface area contributed by atoms with Gasteiger partial charge in [0.1, 0.15) is 16.9 Å². The van der Waals surface area contributed by atoms with E-state index in [0.29, 0.717) is 5.01 Å². The average Bonchev–Trinajstić information content (AvgIpc) is 3.79. The van der Waals surface area contributed by atoms with Crippen molar-refractivity contribution in [3.8, 4) is 0 Å². The Balaban J connectivity index is 1.51. The quantitative estimate of drug-likeness (QED) is 0.140. The fourth-order valence-electron chi connectivity index (χ4n) is 6.99. The smallest absolute Gasteiger partial charge is 0.434 e. The molecule has 0 radical (unpaired) electrons. The second-order valence-electron chi connectivity index (χ2n) is 14.8. The van der Waals surface area contributed by atoms with Crippen molar-refractivity contribution in [1.82, 2.24) is 30.4 Å². The number of aromatic nitrogens is 2. The molecule has 19 heteroatoms. The SMILES string of the molecule is COC(=O)[C@@H](C)C[C@H](Cc1nc(C(F)(F)F)cs1)NC(=O)c1csc([C@@H](C[C@H](C(C)C)N(C)C(=O)[C@@H](NC(O)[C@H]2CCCCN2C)C2CSC2)OC(C)=O)n1. The number of thiazole rings is 2. The maximum Gasteiger partial charge on any atom is 0.434 e. The van der Waals surface area contributed by atoms with Crippen molar-refractivity contribution in [2.75, 3.05) is 39.3 Å². The van der Waals surface area contributed by atoms with Gasteiger partial charge in [-0.15, -0.1) is 22.7 Å². The standard InChI is InChI=1S/C36H53F3N6O7S3/c1-19(2)26(45(6)34(49)30(22-15-53-16-22)43-32(48)25-10-8-9-11-44(25)5)14-27(52-21(4)46)33-41-24(17-55-33)31(47)40-23(12-20(3)35(50)51-7)13-29-42-28(18-54-29)36(37,38)39/h17-20,22-23,25-27,30,32,43,48H,8-16H2,1-7H3,(H,40,47)/t20-,23+,25+,26+,27+,30-,32?/m0/s1. The van der Waals surface area contributed by atoms with Crippen LogP contribution in [0.25, 0.3) is 0 Å². The van der Waals surface area contributed by atoms with Crippen LogP contribution in [0.4, 0.5) is 13.2 Å². The van der Waals surface area contributed by atoms with Gasteiger partial charge in [-0.1, -0.05) is 27.2 Å². The number of amides is 2. The van der Waals surface area contributed by atoms with Crippen molar-refractivity contribution in [3.05, 3.63) is 32.2 Å². The summed E-state index contributed by atoms with van der Waals surface area (Å²) in [5.41, 5.74) is -1.05. The summed E-state index contributed by atoms with van der Waals surface area (Å²) in [5.74, 6) is -1.07. The van der Waals surface area contributed by atoms with Crippen LogP contribution in [0.3, 0.4) is 0 Å². The minimum absolute atomic E-state index is 0.0121. The molecule has 55 heavy (non-hydrogen) atoms. The number of aliphatic hydroxyl groups is 1. The summed E-state index contributed by atoms with van der Waals surface area (Å²) in [5, 5.41) is 20.2. The monoisotopic (exact) mass is 834 g/mol. The summed E-state index contributed by atoms with van der Waals surface area (Å²) in [6.07, 6.45) is -3.35. The highest BCUT2D eigenvalue weighted by molar-refractivity contribution is 8.00. The van der Waals surface area contributed by atoms with Crippen molar-refractivity contribution in [3.63, 3.8) is 0 Å². The van der Waals surface area contributed by atoms with E-state index in [4.69, 9.17) is 9.47 Å². The van der Waals surface area contributed by atoms with Crippen LogP contribution < -0.4 is 10.6 Å². The summed E-state index contributed by atoms with van der Waals surface area (Å²) in [7, 11) is 4.92. The Hall–Kier alpha value is -2.84. The van der Waals surface area contributed by atoms with E-state index in [2.05, 4.69) is 25.5 Å². The number of ether oxygens (including phenoxy) is 2. The van der Waals surface area contributed by atoms with Crippen molar-refractivity contribution in [2.24, 2.45) is 17.8 Å². The molecule has 4 heterocycles. The summed E-state index contributed by atoms with van der Waals surface area (Å²) >= 11 is 3.64. The van der Waals surface area contributed by atoms with Gasteiger partial charge >= 0.3 is 18.1 Å². The van der Waals surface area contributed by atoms with Gasteiger partial charge in [-0.25, -0.2) is 9.97 Å². The average molecular weight is 835 g/mol. The first-order valence-corrected chi connectivity index (χ1v) is 21.3. The van der Waals surface area contributed by atoms with E-state index in [1.807, 2.05) is 20.9 Å². The molecule has 2 saturated heterocycles. The number of methoxy groups -OCH3 is 1. The summed E-state index contributed by atoms with van der Waals surface area (Å²) in [6, 6.07) is -1.93. The predicted octanol–water partition coefficient (Wildman–Crippen LogP) is 4.76. The third kappa shape index (κ3) is 12.3. The summed E-state index contributed by atoms with van der Waals surface area (Å²) in [6.45, 7) is 7.65. The van der Waals surface area contributed by atoms with E-state index in [1.165, 1.54) is 19.4 Å². The van der Waals surface area contributed by atoms with Crippen LogP contribution in [0.15, 0.2) is 10.8 Å². The maximum atomic E-state index is 14.2. The van der Waals surface area contributed by atoms with E-state index in [9.17, 15) is 37.5 Å². The molecular weight excluding hydrogens is 782 g/mol. The van der Waals surface area contributed by atoms with Gasteiger partial charge in [-0.2, -0.15) is 24.9 Å². The first-order valence-electron chi connectivity index (χ1n) is 18.4.